The summed E-state index contributed by atoms with van der Waals surface area (Å²) in [5, 5.41) is 12.1. The maximum atomic E-state index is 12.2. The number of anilines is 1. The first-order chi connectivity index (χ1) is 11.3. The highest BCUT2D eigenvalue weighted by Crippen LogP contribution is 2.26. The zero-order valence-corrected chi connectivity index (χ0v) is 13.2. The van der Waals surface area contributed by atoms with Crippen molar-refractivity contribution in [2.24, 2.45) is 0 Å². The van der Waals surface area contributed by atoms with Gasteiger partial charge in [0.1, 0.15) is 10.8 Å². The van der Waals surface area contributed by atoms with Crippen molar-refractivity contribution < 1.29 is 9.53 Å². The Hall–Kier alpha value is -2.80. The minimum absolute atomic E-state index is 0.160. The number of benzene rings is 1. The van der Waals surface area contributed by atoms with Crippen LogP contribution in [0.4, 0.5) is 5.13 Å². The Morgan fingerprint density at radius 2 is 1.96 bits per heavy atom. The molecule has 2 heterocycles. The molecular formula is C16H14N4O2S. The van der Waals surface area contributed by atoms with Gasteiger partial charge in [0.2, 0.25) is 11.0 Å². The second-order valence-electron chi connectivity index (χ2n) is 4.69. The average molecular weight is 326 g/mol. The van der Waals surface area contributed by atoms with E-state index < -0.39 is 0 Å². The van der Waals surface area contributed by atoms with Crippen molar-refractivity contribution in [2.45, 2.75) is 6.42 Å². The number of aromatic nitrogens is 3. The number of nitrogens with zero attached hydrogens (tertiary/aromatic N) is 3. The SMILES string of the molecule is COc1ccccc1CC(=O)Nc1nnc(-c2ccncc2)s1. The molecule has 0 saturated carbocycles. The molecule has 0 aliphatic carbocycles. The molecule has 3 rings (SSSR count). The number of hydrogen-bond acceptors (Lipinski definition) is 6. The van der Waals surface area contributed by atoms with E-state index in [-0.39, 0.29) is 12.3 Å². The number of pyridine rings is 1. The number of carbonyl (C=O) groups excluding carboxylic acids is 1. The summed E-state index contributed by atoms with van der Waals surface area (Å²) in [5.41, 5.74) is 1.74. The Morgan fingerprint density at radius 1 is 1.17 bits per heavy atom. The summed E-state index contributed by atoms with van der Waals surface area (Å²) < 4.78 is 5.25. The van der Waals surface area contributed by atoms with Crippen LogP contribution in [0.25, 0.3) is 10.6 Å². The zero-order valence-electron chi connectivity index (χ0n) is 12.4. The molecule has 0 aliphatic rings. The third-order valence-electron chi connectivity index (χ3n) is 3.14. The van der Waals surface area contributed by atoms with Crippen LogP contribution < -0.4 is 10.1 Å². The maximum absolute atomic E-state index is 12.2. The number of hydrogen-bond donors (Lipinski definition) is 1. The molecule has 0 bridgehead atoms. The first-order valence-electron chi connectivity index (χ1n) is 6.92. The van der Waals surface area contributed by atoms with Crippen molar-refractivity contribution >= 4 is 22.4 Å². The van der Waals surface area contributed by atoms with E-state index in [2.05, 4.69) is 20.5 Å². The van der Waals surface area contributed by atoms with E-state index in [0.717, 1.165) is 16.1 Å². The van der Waals surface area contributed by atoms with Crippen LogP contribution in [0.2, 0.25) is 0 Å². The molecule has 0 spiro atoms. The Bertz CT molecular complexity index is 805. The number of nitrogens with one attached hydrogen (secondary N) is 1. The van der Waals surface area contributed by atoms with Crippen molar-refractivity contribution in [1.82, 2.24) is 15.2 Å². The third kappa shape index (κ3) is 3.70. The van der Waals surface area contributed by atoms with Crippen molar-refractivity contribution in [3.63, 3.8) is 0 Å². The zero-order chi connectivity index (χ0) is 16.1. The smallest absolute Gasteiger partial charge is 0.230 e. The van der Waals surface area contributed by atoms with Gasteiger partial charge in [0, 0.05) is 23.5 Å². The molecule has 0 fully saturated rings. The van der Waals surface area contributed by atoms with Crippen LogP contribution in [-0.2, 0) is 11.2 Å². The van der Waals surface area contributed by atoms with E-state index in [4.69, 9.17) is 4.74 Å². The molecule has 2 aromatic heterocycles. The van der Waals surface area contributed by atoms with Crippen LogP contribution in [-0.4, -0.2) is 28.2 Å². The molecule has 3 aromatic rings. The van der Waals surface area contributed by atoms with Crippen LogP contribution in [0.5, 0.6) is 5.75 Å². The lowest BCUT2D eigenvalue weighted by Gasteiger charge is -2.07. The van der Waals surface area contributed by atoms with Crippen molar-refractivity contribution in [3.8, 4) is 16.3 Å². The lowest BCUT2D eigenvalue weighted by Crippen LogP contribution is -2.14. The fourth-order valence-corrected chi connectivity index (χ4v) is 2.84. The second-order valence-corrected chi connectivity index (χ2v) is 5.66. The summed E-state index contributed by atoms with van der Waals surface area (Å²) in [6, 6.07) is 11.1. The van der Waals surface area contributed by atoms with Gasteiger partial charge in [-0.05, 0) is 18.2 Å². The van der Waals surface area contributed by atoms with Gasteiger partial charge in [-0.25, -0.2) is 0 Å². The molecule has 0 unspecified atom stereocenters. The minimum Gasteiger partial charge on any atom is -0.496 e. The number of methoxy groups -OCH3 is 1. The van der Waals surface area contributed by atoms with E-state index in [1.165, 1.54) is 11.3 Å². The Labute approximate surface area is 137 Å². The quantitative estimate of drug-likeness (QED) is 0.780. The highest BCUT2D eigenvalue weighted by molar-refractivity contribution is 7.18. The largest absolute Gasteiger partial charge is 0.496 e. The standard InChI is InChI=1S/C16H14N4O2S/c1-22-13-5-3-2-4-12(13)10-14(21)18-16-20-19-15(23-16)11-6-8-17-9-7-11/h2-9H,10H2,1H3,(H,18,20,21). The predicted octanol–water partition coefficient (Wildman–Crippen LogP) is 2.79. The second kappa shape index (κ2) is 6.97. The third-order valence-corrected chi connectivity index (χ3v) is 4.03. The van der Waals surface area contributed by atoms with Crippen LogP contribution in [0, 0.1) is 0 Å². The van der Waals surface area contributed by atoms with E-state index in [1.807, 2.05) is 36.4 Å². The Balaban J connectivity index is 1.68. The number of para-hydroxylation sites is 1. The minimum atomic E-state index is -0.160. The van der Waals surface area contributed by atoms with Gasteiger partial charge >= 0.3 is 0 Å². The molecule has 0 atom stereocenters. The number of ether oxygens (including phenoxy) is 1. The fourth-order valence-electron chi connectivity index (χ4n) is 2.07. The lowest BCUT2D eigenvalue weighted by atomic mass is 10.1. The van der Waals surface area contributed by atoms with Crippen molar-refractivity contribution in [3.05, 3.63) is 54.4 Å². The summed E-state index contributed by atoms with van der Waals surface area (Å²) in [7, 11) is 1.59. The van der Waals surface area contributed by atoms with Gasteiger partial charge in [-0.15, -0.1) is 10.2 Å². The summed E-state index contributed by atoms with van der Waals surface area (Å²) in [6.45, 7) is 0. The maximum Gasteiger partial charge on any atom is 0.230 e. The average Bonchev–Trinajstić information content (AvgIpc) is 3.04. The van der Waals surface area contributed by atoms with E-state index in [9.17, 15) is 4.79 Å². The Morgan fingerprint density at radius 3 is 2.74 bits per heavy atom. The van der Waals surface area contributed by atoms with Crippen LogP contribution in [0.1, 0.15) is 5.56 Å². The van der Waals surface area contributed by atoms with Gasteiger partial charge in [0.15, 0.2) is 0 Å². The van der Waals surface area contributed by atoms with Gasteiger partial charge < -0.3 is 10.1 Å². The highest BCUT2D eigenvalue weighted by Gasteiger charge is 2.12. The number of amides is 1. The van der Waals surface area contributed by atoms with Gasteiger partial charge in [-0.1, -0.05) is 29.5 Å². The van der Waals surface area contributed by atoms with Gasteiger partial charge in [0.25, 0.3) is 0 Å². The molecule has 1 amide bonds. The van der Waals surface area contributed by atoms with Crippen molar-refractivity contribution in [2.75, 3.05) is 12.4 Å². The highest BCUT2D eigenvalue weighted by atomic mass is 32.1. The number of carbonyl (C=O) groups is 1. The molecule has 0 radical (unpaired) electrons. The lowest BCUT2D eigenvalue weighted by molar-refractivity contribution is -0.115. The van der Waals surface area contributed by atoms with Gasteiger partial charge in [-0.2, -0.15) is 0 Å². The van der Waals surface area contributed by atoms with E-state index in [1.54, 1.807) is 19.5 Å². The molecule has 23 heavy (non-hydrogen) atoms. The molecule has 1 aromatic carbocycles. The monoisotopic (exact) mass is 326 g/mol. The molecule has 116 valence electrons. The molecule has 0 aliphatic heterocycles. The molecule has 0 saturated heterocycles. The van der Waals surface area contributed by atoms with Crippen LogP contribution in [0.15, 0.2) is 48.8 Å². The van der Waals surface area contributed by atoms with Gasteiger partial charge in [0.05, 0.1) is 13.5 Å². The summed E-state index contributed by atoms with van der Waals surface area (Å²) >= 11 is 1.32. The topological polar surface area (TPSA) is 77.0 Å². The van der Waals surface area contributed by atoms with E-state index >= 15 is 0 Å². The summed E-state index contributed by atoms with van der Waals surface area (Å²) in [4.78, 5) is 16.1. The molecule has 7 heteroatoms. The first kappa shape index (κ1) is 15.1. The molecular weight excluding hydrogens is 312 g/mol. The Kier molecular flexibility index (Phi) is 4.58. The first-order valence-corrected chi connectivity index (χ1v) is 7.73. The summed E-state index contributed by atoms with van der Waals surface area (Å²) in [6.07, 6.45) is 3.60. The normalized spacial score (nSPS) is 10.3. The molecule has 6 nitrogen and oxygen atoms in total. The van der Waals surface area contributed by atoms with Crippen LogP contribution in [0.3, 0.4) is 0 Å². The van der Waals surface area contributed by atoms with Crippen molar-refractivity contribution in [1.29, 1.82) is 0 Å². The summed E-state index contributed by atoms with van der Waals surface area (Å²) in [5.74, 6) is 0.532. The number of rotatable bonds is 5. The fraction of sp³-hybridized carbons (Fsp3) is 0.125. The van der Waals surface area contributed by atoms with Gasteiger partial charge in [-0.3, -0.25) is 9.78 Å². The van der Waals surface area contributed by atoms with Crippen LogP contribution >= 0.6 is 11.3 Å². The molecule has 1 N–H and O–H groups in total. The van der Waals surface area contributed by atoms with E-state index in [0.29, 0.717) is 10.9 Å². The predicted molar refractivity (Wildman–Crippen MR) is 88.5 cm³/mol.